The van der Waals surface area contributed by atoms with Gasteiger partial charge in [0.1, 0.15) is 0 Å². The van der Waals surface area contributed by atoms with Crippen molar-refractivity contribution < 1.29 is 19.8 Å². The van der Waals surface area contributed by atoms with Gasteiger partial charge >= 0.3 is 5.97 Å². The third-order valence-electron chi connectivity index (χ3n) is 1.98. The maximum atomic E-state index is 11.7. The molecule has 0 aromatic heterocycles. The number of nitrogens with one attached hydrogen (secondary N) is 1. The van der Waals surface area contributed by atoms with Gasteiger partial charge in [0.25, 0.3) is 5.91 Å². The maximum absolute atomic E-state index is 11.7. The summed E-state index contributed by atoms with van der Waals surface area (Å²) in [6.45, 7) is -0.719. The maximum Gasteiger partial charge on any atom is 0.328 e. The standard InChI is InChI=1S/C10H9Cl2NO4/c11-5-2-1-3-6(12)8(5)9(15)13-7(4-14)10(16)17/h1-3,7,14H,4H2,(H,13,15)(H,16,17). The molecule has 0 saturated carbocycles. The zero-order valence-corrected chi connectivity index (χ0v) is 10.00. The fourth-order valence-corrected chi connectivity index (χ4v) is 1.70. The normalized spacial score (nSPS) is 11.9. The molecule has 7 heteroatoms. The van der Waals surface area contributed by atoms with Crippen LogP contribution in [0.2, 0.25) is 10.0 Å². The van der Waals surface area contributed by atoms with Gasteiger partial charge < -0.3 is 15.5 Å². The molecule has 1 aromatic carbocycles. The minimum Gasteiger partial charge on any atom is -0.480 e. The number of aliphatic hydroxyl groups excluding tert-OH is 1. The average molecular weight is 278 g/mol. The van der Waals surface area contributed by atoms with E-state index in [-0.39, 0.29) is 15.6 Å². The predicted molar refractivity (Wildman–Crippen MR) is 62.4 cm³/mol. The SMILES string of the molecule is O=C(NC(CO)C(=O)O)c1c(Cl)cccc1Cl. The number of hydrogen-bond donors (Lipinski definition) is 3. The molecule has 0 aliphatic carbocycles. The molecule has 3 N–H and O–H groups in total. The van der Waals surface area contributed by atoms with Crippen LogP contribution in [-0.2, 0) is 4.79 Å². The van der Waals surface area contributed by atoms with Crippen molar-refractivity contribution in [3.05, 3.63) is 33.8 Å². The lowest BCUT2D eigenvalue weighted by Crippen LogP contribution is -2.43. The van der Waals surface area contributed by atoms with E-state index in [4.69, 9.17) is 33.4 Å². The summed E-state index contributed by atoms with van der Waals surface area (Å²) in [5, 5.41) is 19.8. The van der Waals surface area contributed by atoms with Gasteiger partial charge in [0.15, 0.2) is 6.04 Å². The first kappa shape index (κ1) is 13.8. The summed E-state index contributed by atoms with van der Waals surface area (Å²) < 4.78 is 0. The number of amides is 1. The number of rotatable bonds is 4. The minimum absolute atomic E-state index is 0.0180. The first-order valence-electron chi connectivity index (χ1n) is 4.56. The molecule has 0 bridgehead atoms. The molecule has 1 aromatic rings. The molecule has 0 radical (unpaired) electrons. The van der Waals surface area contributed by atoms with Gasteiger partial charge in [-0.3, -0.25) is 4.79 Å². The Bertz CT molecular complexity index is 430. The molecule has 0 fully saturated rings. The van der Waals surface area contributed by atoms with E-state index in [1.54, 1.807) is 6.07 Å². The van der Waals surface area contributed by atoms with Crippen molar-refractivity contribution >= 4 is 35.1 Å². The lowest BCUT2D eigenvalue weighted by molar-refractivity contribution is -0.140. The highest BCUT2D eigenvalue weighted by Crippen LogP contribution is 2.23. The largest absolute Gasteiger partial charge is 0.480 e. The van der Waals surface area contributed by atoms with Crippen LogP contribution in [0, 0.1) is 0 Å². The Morgan fingerprint density at radius 3 is 2.24 bits per heavy atom. The quantitative estimate of drug-likeness (QED) is 0.771. The number of aliphatic hydroxyl groups is 1. The van der Waals surface area contributed by atoms with Gasteiger partial charge in [0, 0.05) is 0 Å². The summed E-state index contributed by atoms with van der Waals surface area (Å²) in [6.07, 6.45) is 0. The second-order valence-corrected chi connectivity index (χ2v) is 3.96. The summed E-state index contributed by atoms with van der Waals surface area (Å²) in [4.78, 5) is 22.3. The molecule has 1 atom stereocenters. The zero-order chi connectivity index (χ0) is 13.0. The molecule has 0 saturated heterocycles. The Morgan fingerprint density at radius 2 is 1.82 bits per heavy atom. The first-order chi connectivity index (χ1) is 7.97. The lowest BCUT2D eigenvalue weighted by atomic mass is 10.2. The average Bonchev–Trinajstić information content (AvgIpc) is 2.25. The third-order valence-corrected chi connectivity index (χ3v) is 2.61. The van der Waals surface area contributed by atoms with Crippen molar-refractivity contribution in [1.82, 2.24) is 5.32 Å². The van der Waals surface area contributed by atoms with Crippen molar-refractivity contribution in [3.8, 4) is 0 Å². The molecule has 17 heavy (non-hydrogen) atoms. The summed E-state index contributed by atoms with van der Waals surface area (Å²) in [6, 6.07) is 3.07. The topological polar surface area (TPSA) is 86.6 Å². The number of carbonyl (C=O) groups is 2. The van der Waals surface area contributed by atoms with E-state index in [1.807, 2.05) is 0 Å². The van der Waals surface area contributed by atoms with Crippen LogP contribution < -0.4 is 5.32 Å². The highest BCUT2D eigenvalue weighted by Gasteiger charge is 2.22. The van der Waals surface area contributed by atoms with E-state index in [2.05, 4.69) is 5.32 Å². The van der Waals surface area contributed by atoms with E-state index in [9.17, 15) is 9.59 Å². The van der Waals surface area contributed by atoms with Gasteiger partial charge in [-0.2, -0.15) is 0 Å². The molecule has 0 spiro atoms. The van der Waals surface area contributed by atoms with Gasteiger partial charge in [0.2, 0.25) is 0 Å². The van der Waals surface area contributed by atoms with Gasteiger partial charge in [-0.05, 0) is 12.1 Å². The number of halogens is 2. The number of carbonyl (C=O) groups excluding carboxylic acids is 1. The molecule has 0 aliphatic heterocycles. The molecule has 1 unspecified atom stereocenters. The third kappa shape index (κ3) is 3.33. The number of hydrogen-bond acceptors (Lipinski definition) is 3. The summed E-state index contributed by atoms with van der Waals surface area (Å²) in [5.41, 5.74) is -0.0180. The fourth-order valence-electron chi connectivity index (χ4n) is 1.13. The molecule has 92 valence electrons. The first-order valence-corrected chi connectivity index (χ1v) is 5.31. The van der Waals surface area contributed by atoms with Crippen molar-refractivity contribution in [2.45, 2.75) is 6.04 Å². The molecular formula is C10H9Cl2NO4. The molecule has 1 amide bonds. The predicted octanol–water partition coefficient (Wildman–Crippen LogP) is 1.17. The summed E-state index contributed by atoms with van der Waals surface area (Å²) in [7, 11) is 0. The Labute approximate surface area is 107 Å². The van der Waals surface area contributed by atoms with Crippen molar-refractivity contribution in [3.63, 3.8) is 0 Å². The summed E-state index contributed by atoms with van der Waals surface area (Å²) in [5.74, 6) is -2.09. The van der Waals surface area contributed by atoms with E-state index in [0.29, 0.717) is 0 Å². The number of benzene rings is 1. The second-order valence-electron chi connectivity index (χ2n) is 3.14. The van der Waals surface area contributed by atoms with Crippen LogP contribution in [-0.4, -0.2) is 34.7 Å². The van der Waals surface area contributed by atoms with Crippen LogP contribution in [0.25, 0.3) is 0 Å². The zero-order valence-electron chi connectivity index (χ0n) is 8.48. The van der Waals surface area contributed by atoms with Crippen LogP contribution in [0.1, 0.15) is 10.4 Å². The smallest absolute Gasteiger partial charge is 0.328 e. The van der Waals surface area contributed by atoms with Crippen molar-refractivity contribution in [2.24, 2.45) is 0 Å². The fraction of sp³-hybridized carbons (Fsp3) is 0.200. The van der Waals surface area contributed by atoms with Crippen LogP contribution in [0.3, 0.4) is 0 Å². The number of carboxylic acid groups (broad SMARTS) is 1. The van der Waals surface area contributed by atoms with Crippen molar-refractivity contribution in [2.75, 3.05) is 6.61 Å². The second kappa shape index (κ2) is 5.86. The molecular weight excluding hydrogens is 269 g/mol. The van der Waals surface area contributed by atoms with E-state index >= 15 is 0 Å². The van der Waals surface area contributed by atoms with Crippen LogP contribution in [0.15, 0.2) is 18.2 Å². The van der Waals surface area contributed by atoms with E-state index < -0.39 is 24.5 Å². The Balaban J connectivity index is 2.94. The molecule has 0 aliphatic rings. The molecule has 1 rings (SSSR count). The Morgan fingerprint density at radius 1 is 1.29 bits per heavy atom. The monoisotopic (exact) mass is 277 g/mol. The van der Waals surface area contributed by atoms with Crippen molar-refractivity contribution in [1.29, 1.82) is 0 Å². The number of carboxylic acids is 1. The van der Waals surface area contributed by atoms with E-state index in [0.717, 1.165) is 0 Å². The van der Waals surface area contributed by atoms with Crippen LogP contribution in [0.4, 0.5) is 0 Å². The highest BCUT2D eigenvalue weighted by atomic mass is 35.5. The van der Waals surface area contributed by atoms with Gasteiger partial charge in [-0.15, -0.1) is 0 Å². The number of aliphatic carboxylic acids is 1. The Kier molecular flexibility index (Phi) is 4.74. The molecule has 5 nitrogen and oxygen atoms in total. The van der Waals surface area contributed by atoms with Gasteiger partial charge in [-0.1, -0.05) is 29.3 Å². The van der Waals surface area contributed by atoms with Crippen LogP contribution >= 0.6 is 23.2 Å². The molecule has 0 heterocycles. The highest BCUT2D eigenvalue weighted by molar-refractivity contribution is 6.39. The van der Waals surface area contributed by atoms with Crippen LogP contribution in [0.5, 0.6) is 0 Å². The van der Waals surface area contributed by atoms with Gasteiger partial charge in [0.05, 0.1) is 22.2 Å². The van der Waals surface area contributed by atoms with Gasteiger partial charge in [-0.25, -0.2) is 4.79 Å². The minimum atomic E-state index is -1.39. The summed E-state index contributed by atoms with van der Waals surface area (Å²) >= 11 is 11.6. The Hall–Kier alpha value is -1.30. The van der Waals surface area contributed by atoms with E-state index in [1.165, 1.54) is 12.1 Å². The lowest BCUT2D eigenvalue weighted by Gasteiger charge is -2.13.